The van der Waals surface area contributed by atoms with E-state index in [4.69, 9.17) is 11.6 Å². The molecule has 0 fully saturated rings. The summed E-state index contributed by atoms with van der Waals surface area (Å²) in [5.41, 5.74) is 14.8. The van der Waals surface area contributed by atoms with Gasteiger partial charge in [0.15, 0.2) is 0 Å². The van der Waals surface area contributed by atoms with Gasteiger partial charge in [-0.1, -0.05) is 194 Å². The lowest BCUT2D eigenvalue weighted by Crippen LogP contribution is -2.31. The van der Waals surface area contributed by atoms with Gasteiger partial charge in [-0.05, 0) is 103 Å². The Hall–Kier alpha value is -5.99. The van der Waals surface area contributed by atoms with Crippen LogP contribution in [-0.2, 0) is 18.4 Å². The summed E-state index contributed by atoms with van der Waals surface area (Å²) in [6.45, 7) is 0. The predicted molar refractivity (Wildman–Crippen MR) is 221 cm³/mol. The molecule has 0 saturated carbocycles. The summed E-state index contributed by atoms with van der Waals surface area (Å²) in [5.74, 6) is 0. The normalized spacial score (nSPS) is 13.1. The second kappa shape index (κ2) is 13.9. The topological polar surface area (TPSA) is 20.2 Å². The second-order valence-corrected chi connectivity index (χ2v) is 14.2. The molecule has 0 radical (unpaired) electrons. The van der Waals surface area contributed by atoms with E-state index >= 15 is 0 Å². The van der Waals surface area contributed by atoms with E-state index in [2.05, 4.69) is 146 Å². The molecule has 0 heterocycles. The van der Waals surface area contributed by atoms with E-state index in [1.54, 1.807) is 0 Å². The molecule has 0 atom stereocenters. The average molecular weight is 701 g/mol. The van der Waals surface area contributed by atoms with E-state index in [0.717, 1.165) is 74.0 Å². The van der Waals surface area contributed by atoms with Crippen LogP contribution < -0.4 is 0 Å². The van der Waals surface area contributed by atoms with Gasteiger partial charge in [0.25, 0.3) is 0 Å². The first-order valence-corrected chi connectivity index (χ1v) is 18.6. The lowest BCUT2D eigenvalue weighted by Gasteiger charge is -2.34. The zero-order chi connectivity index (χ0) is 35.8. The zero-order valence-electron chi connectivity index (χ0n) is 29.2. The molecule has 1 aliphatic rings. The molecule has 2 heteroatoms. The predicted octanol–water partition coefficient (Wildman–Crippen LogP) is 13.1. The van der Waals surface area contributed by atoms with Gasteiger partial charge in [0, 0.05) is 10.6 Å². The lowest BCUT2D eigenvalue weighted by molar-refractivity contribution is 0.125. The molecule has 1 nitrogen and oxygen atoms in total. The zero-order valence-corrected chi connectivity index (χ0v) is 30.0. The third-order valence-electron chi connectivity index (χ3n) is 10.8. The lowest BCUT2D eigenvalue weighted by atomic mass is 9.74. The van der Waals surface area contributed by atoms with Gasteiger partial charge < -0.3 is 5.11 Å². The van der Waals surface area contributed by atoms with Crippen molar-refractivity contribution in [2.45, 2.75) is 18.4 Å². The van der Waals surface area contributed by atoms with E-state index in [9.17, 15) is 5.11 Å². The van der Waals surface area contributed by atoms with E-state index in [-0.39, 0.29) is 0 Å². The van der Waals surface area contributed by atoms with Crippen molar-refractivity contribution in [3.05, 3.63) is 227 Å². The summed E-state index contributed by atoms with van der Waals surface area (Å²) in [6, 6.07) is 67.8. The van der Waals surface area contributed by atoms with Crippen molar-refractivity contribution in [1.29, 1.82) is 0 Å². The standard InChI is InChI=1S/C51H37ClO/c52-42-31-29-41(30-32-42)45-15-7-8-18-48(45)51(53)49-19-9-16-43(39-25-21-37(22-26-39)35-11-3-1-4-12-35)46(49)33-34-47-44(17-10-20-50(47)51)40-27-23-38(24-28-40)36-13-5-2-6-14-36/h1-32,53H,33-34H2. The molecule has 9 rings (SSSR count). The van der Waals surface area contributed by atoms with E-state index in [1.807, 2.05) is 48.5 Å². The van der Waals surface area contributed by atoms with Gasteiger partial charge in [-0.3, -0.25) is 0 Å². The van der Waals surface area contributed by atoms with Crippen molar-refractivity contribution in [2.75, 3.05) is 0 Å². The molecule has 8 aromatic rings. The maximum Gasteiger partial charge on any atom is 0.141 e. The number of hydrogen-bond donors (Lipinski definition) is 1. The number of benzene rings is 8. The van der Waals surface area contributed by atoms with Crippen LogP contribution in [-0.4, -0.2) is 5.11 Å². The fourth-order valence-corrected chi connectivity index (χ4v) is 8.37. The number of aliphatic hydroxyl groups is 1. The molecule has 53 heavy (non-hydrogen) atoms. The minimum atomic E-state index is -1.45. The van der Waals surface area contributed by atoms with Crippen LogP contribution in [0.4, 0.5) is 0 Å². The minimum absolute atomic E-state index is 0.681. The average Bonchev–Trinajstić information content (AvgIpc) is 3.36. The summed E-state index contributed by atoms with van der Waals surface area (Å²) in [7, 11) is 0. The van der Waals surface area contributed by atoms with Crippen LogP contribution in [0, 0.1) is 0 Å². The molecule has 0 amide bonds. The third-order valence-corrected chi connectivity index (χ3v) is 11.1. The Bertz CT molecular complexity index is 2400. The van der Waals surface area contributed by atoms with Gasteiger partial charge in [0.1, 0.15) is 5.60 Å². The Kier molecular flexibility index (Phi) is 8.60. The largest absolute Gasteiger partial charge is 0.376 e. The highest BCUT2D eigenvalue weighted by molar-refractivity contribution is 6.30. The Morgan fingerprint density at radius 2 is 0.660 bits per heavy atom. The first kappa shape index (κ1) is 32.9. The van der Waals surface area contributed by atoms with Gasteiger partial charge in [-0.2, -0.15) is 0 Å². The van der Waals surface area contributed by atoms with Crippen molar-refractivity contribution in [2.24, 2.45) is 0 Å². The van der Waals surface area contributed by atoms with Crippen molar-refractivity contribution in [1.82, 2.24) is 0 Å². The van der Waals surface area contributed by atoms with Crippen LogP contribution in [0.5, 0.6) is 0 Å². The van der Waals surface area contributed by atoms with Crippen LogP contribution in [0.3, 0.4) is 0 Å². The van der Waals surface area contributed by atoms with Gasteiger partial charge in [0.05, 0.1) is 0 Å². The first-order valence-electron chi connectivity index (χ1n) is 18.2. The molecular formula is C51H37ClO. The Morgan fingerprint density at radius 1 is 0.321 bits per heavy atom. The molecule has 0 saturated heterocycles. The molecule has 254 valence electrons. The highest BCUT2D eigenvalue weighted by atomic mass is 35.5. The minimum Gasteiger partial charge on any atom is -0.376 e. The highest BCUT2D eigenvalue weighted by Crippen LogP contribution is 2.49. The molecule has 1 N–H and O–H groups in total. The number of rotatable bonds is 6. The molecule has 0 aliphatic heterocycles. The third kappa shape index (κ3) is 5.99. The Morgan fingerprint density at radius 3 is 1.15 bits per heavy atom. The smallest absolute Gasteiger partial charge is 0.141 e. The number of halogens is 1. The molecule has 0 spiro atoms. The van der Waals surface area contributed by atoms with Crippen molar-refractivity contribution in [3.8, 4) is 55.6 Å². The molecule has 8 aromatic carbocycles. The van der Waals surface area contributed by atoms with Gasteiger partial charge >= 0.3 is 0 Å². The maximum absolute atomic E-state index is 13.8. The van der Waals surface area contributed by atoms with Crippen molar-refractivity contribution in [3.63, 3.8) is 0 Å². The number of fused-ring (bicyclic) bond motifs is 2. The van der Waals surface area contributed by atoms with Crippen LogP contribution >= 0.6 is 11.6 Å². The van der Waals surface area contributed by atoms with Crippen molar-refractivity contribution < 1.29 is 5.11 Å². The molecular weight excluding hydrogens is 664 g/mol. The molecule has 1 aliphatic carbocycles. The van der Waals surface area contributed by atoms with Gasteiger partial charge in [0.2, 0.25) is 0 Å². The summed E-state index contributed by atoms with van der Waals surface area (Å²) in [5, 5.41) is 14.5. The van der Waals surface area contributed by atoms with Crippen molar-refractivity contribution >= 4 is 11.6 Å². The van der Waals surface area contributed by atoms with Crippen LogP contribution in [0.15, 0.2) is 194 Å². The van der Waals surface area contributed by atoms with Crippen LogP contribution in [0.1, 0.15) is 27.8 Å². The monoisotopic (exact) mass is 700 g/mol. The summed E-state index contributed by atoms with van der Waals surface area (Å²) in [6.07, 6.45) is 1.56. The number of hydrogen-bond acceptors (Lipinski definition) is 1. The summed E-state index contributed by atoms with van der Waals surface area (Å²) >= 11 is 6.36. The fourth-order valence-electron chi connectivity index (χ4n) is 8.24. The quantitative estimate of drug-likeness (QED) is 0.183. The SMILES string of the molecule is OC1(c2ccccc2-c2ccc(Cl)cc2)c2cccc(-c3ccc(-c4ccccc4)cc3)c2CCc2c(-c3ccc(-c4ccccc4)cc3)cccc21. The summed E-state index contributed by atoms with van der Waals surface area (Å²) < 4.78 is 0. The van der Waals surface area contributed by atoms with Crippen LogP contribution in [0.25, 0.3) is 55.6 Å². The molecule has 0 aromatic heterocycles. The van der Waals surface area contributed by atoms with E-state index in [1.165, 1.54) is 22.3 Å². The highest BCUT2D eigenvalue weighted by Gasteiger charge is 2.42. The van der Waals surface area contributed by atoms with E-state index < -0.39 is 5.60 Å². The van der Waals surface area contributed by atoms with E-state index in [0.29, 0.717) is 5.02 Å². The maximum atomic E-state index is 13.8. The summed E-state index contributed by atoms with van der Waals surface area (Å²) in [4.78, 5) is 0. The van der Waals surface area contributed by atoms with Gasteiger partial charge in [-0.25, -0.2) is 0 Å². The molecule has 0 unspecified atom stereocenters. The first-order chi connectivity index (χ1) is 26.1. The molecule has 0 bridgehead atoms. The Labute approximate surface area is 316 Å². The Balaban J connectivity index is 1.24. The van der Waals surface area contributed by atoms with Crippen LogP contribution in [0.2, 0.25) is 5.02 Å². The second-order valence-electron chi connectivity index (χ2n) is 13.8. The fraction of sp³-hybridized carbons (Fsp3) is 0.0588. The van der Waals surface area contributed by atoms with Gasteiger partial charge in [-0.15, -0.1) is 0 Å².